The van der Waals surface area contributed by atoms with Crippen LogP contribution in [0.5, 0.6) is 5.75 Å². The van der Waals surface area contributed by atoms with E-state index in [0.717, 1.165) is 37.2 Å². The number of halogens is 1. The van der Waals surface area contributed by atoms with Crippen molar-refractivity contribution < 1.29 is 14.3 Å². The van der Waals surface area contributed by atoms with E-state index in [1.165, 1.54) is 23.3 Å². The Morgan fingerprint density at radius 3 is 2.52 bits per heavy atom. The minimum atomic E-state index is -0.330. The van der Waals surface area contributed by atoms with Crippen molar-refractivity contribution in [3.63, 3.8) is 0 Å². The Bertz CT molecular complexity index is 917. The molecule has 7 heteroatoms. The van der Waals surface area contributed by atoms with Gasteiger partial charge in [-0.05, 0) is 48.9 Å². The van der Waals surface area contributed by atoms with Crippen molar-refractivity contribution in [3.8, 4) is 5.75 Å². The van der Waals surface area contributed by atoms with Gasteiger partial charge in [0.1, 0.15) is 11.4 Å². The standard InChI is InChI=1S/C20H19ClN2O3S/c1-26-15-8-7-13(21)12-14(15)23-19(24)17(16-6-5-11-27-16)18(20(23)25)22-9-3-2-4-10-22/h5-8,11-12H,2-4,9-10H2,1H3. The van der Waals surface area contributed by atoms with Crippen LogP contribution < -0.4 is 9.64 Å². The molecule has 27 heavy (non-hydrogen) atoms. The van der Waals surface area contributed by atoms with Gasteiger partial charge in [-0.1, -0.05) is 17.7 Å². The van der Waals surface area contributed by atoms with Crippen molar-refractivity contribution in [2.24, 2.45) is 0 Å². The molecule has 1 fully saturated rings. The van der Waals surface area contributed by atoms with Gasteiger partial charge >= 0.3 is 0 Å². The van der Waals surface area contributed by atoms with Crippen LogP contribution in [0, 0.1) is 0 Å². The van der Waals surface area contributed by atoms with Gasteiger partial charge in [-0.2, -0.15) is 0 Å². The minimum Gasteiger partial charge on any atom is -0.495 e. The summed E-state index contributed by atoms with van der Waals surface area (Å²) in [5, 5.41) is 2.35. The van der Waals surface area contributed by atoms with Crippen LogP contribution in [-0.4, -0.2) is 36.9 Å². The highest BCUT2D eigenvalue weighted by Crippen LogP contribution is 2.41. The molecule has 1 aromatic heterocycles. The predicted molar refractivity (Wildman–Crippen MR) is 107 cm³/mol. The second-order valence-electron chi connectivity index (χ2n) is 6.51. The Balaban J connectivity index is 1.84. The molecule has 0 spiro atoms. The first kappa shape index (κ1) is 18.1. The molecule has 0 radical (unpaired) electrons. The summed E-state index contributed by atoms with van der Waals surface area (Å²) in [4.78, 5) is 30.8. The van der Waals surface area contributed by atoms with Crippen LogP contribution in [0.1, 0.15) is 24.1 Å². The van der Waals surface area contributed by atoms with E-state index < -0.39 is 0 Å². The van der Waals surface area contributed by atoms with Crippen molar-refractivity contribution in [2.75, 3.05) is 25.1 Å². The zero-order valence-corrected chi connectivity index (χ0v) is 16.5. The van der Waals surface area contributed by atoms with E-state index in [0.29, 0.717) is 27.7 Å². The Kier molecular flexibility index (Phi) is 4.93. The summed E-state index contributed by atoms with van der Waals surface area (Å²) in [6.45, 7) is 1.56. The van der Waals surface area contributed by atoms with Gasteiger partial charge in [0.25, 0.3) is 11.8 Å². The van der Waals surface area contributed by atoms with E-state index in [9.17, 15) is 9.59 Å². The Morgan fingerprint density at radius 1 is 1.07 bits per heavy atom. The minimum absolute atomic E-state index is 0.314. The lowest BCUT2D eigenvalue weighted by atomic mass is 10.1. The largest absolute Gasteiger partial charge is 0.495 e. The Hall–Kier alpha value is -2.31. The molecule has 0 N–H and O–H groups in total. The zero-order valence-electron chi connectivity index (χ0n) is 14.9. The monoisotopic (exact) mass is 402 g/mol. The van der Waals surface area contributed by atoms with Gasteiger partial charge in [0.05, 0.1) is 18.4 Å². The highest BCUT2D eigenvalue weighted by atomic mass is 35.5. The maximum Gasteiger partial charge on any atom is 0.282 e. The smallest absolute Gasteiger partial charge is 0.282 e. The van der Waals surface area contributed by atoms with Crippen LogP contribution in [0.25, 0.3) is 5.57 Å². The van der Waals surface area contributed by atoms with Crippen molar-refractivity contribution in [2.45, 2.75) is 19.3 Å². The molecular formula is C20H19ClN2O3S. The van der Waals surface area contributed by atoms with Crippen LogP contribution >= 0.6 is 22.9 Å². The maximum atomic E-state index is 13.4. The van der Waals surface area contributed by atoms with Crippen LogP contribution in [0.2, 0.25) is 5.02 Å². The molecule has 2 aliphatic heterocycles. The maximum absolute atomic E-state index is 13.4. The van der Waals surface area contributed by atoms with Crippen molar-refractivity contribution in [1.29, 1.82) is 0 Å². The molecule has 0 aliphatic carbocycles. The van der Waals surface area contributed by atoms with Crippen LogP contribution in [0.4, 0.5) is 5.69 Å². The van der Waals surface area contributed by atoms with Gasteiger partial charge < -0.3 is 9.64 Å². The number of carbonyl (C=O) groups excluding carboxylic acids is 2. The van der Waals surface area contributed by atoms with Crippen molar-refractivity contribution >= 4 is 46.0 Å². The van der Waals surface area contributed by atoms with E-state index >= 15 is 0 Å². The molecule has 2 aromatic rings. The predicted octanol–water partition coefficient (Wildman–Crippen LogP) is 4.18. The molecular weight excluding hydrogens is 384 g/mol. The first-order valence-corrected chi connectivity index (χ1v) is 10.1. The molecule has 0 saturated carbocycles. The van der Waals surface area contributed by atoms with Crippen molar-refractivity contribution in [3.05, 3.63) is 51.3 Å². The van der Waals surface area contributed by atoms with E-state index in [2.05, 4.69) is 4.90 Å². The van der Waals surface area contributed by atoms with E-state index in [-0.39, 0.29) is 11.8 Å². The van der Waals surface area contributed by atoms with E-state index in [4.69, 9.17) is 16.3 Å². The molecule has 3 heterocycles. The van der Waals surface area contributed by atoms with Crippen LogP contribution in [-0.2, 0) is 9.59 Å². The quantitative estimate of drug-likeness (QED) is 0.720. The number of methoxy groups -OCH3 is 1. The van der Waals surface area contributed by atoms with Gasteiger partial charge in [-0.15, -0.1) is 11.3 Å². The second kappa shape index (κ2) is 7.37. The summed E-state index contributed by atoms with van der Waals surface area (Å²) >= 11 is 7.60. The zero-order chi connectivity index (χ0) is 19.0. The van der Waals surface area contributed by atoms with Gasteiger partial charge in [-0.25, -0.2) is 4.90 Å². The Morgan fingerprint density at radius 2 is 1.85 bits per heavy atom. The number of likely N-dealkylation sites (tertiary alicyclic amines) is 1. The fourth-order valence-corrected chi connectivity index (χ4v) is 4.56. The molecule has 2 aliphatic rings. The number of amides is 2. The molecule has 0 atom stereocenters. The molecule has 2 amide bonds. The summed E-state index contributed by atoms with van der Waals surface area (Å²) in [5.74, 6) is -0.207. The van der Waals surface area contributed by atoms with E-state index in [1.54, 1.807) is 18.2 Å². The first-order chi connectivity index (χ1) is 13.1. The fraction of sp³-hybridized carbons (Fsp3) is 0.300. The summed E-state index contributed by atoms with van der Waals surface area (Å²) in [6.07, 6.45) is 3.18. The summed E-state index contributed by atoms with van der Waals surface area (Å²) in [6, 6.07) is 8.71. The molecule has 140 valence electrons. The fourth-order valence-electron chi connectivity index (χ4n) is 3.63. The number of anilines is 1. The third-order valence-corrected chi connectivity index (χ3v) is 6.00. The lowest BCUT2D eigenvalue weighted by molar-refractivity contribution is -0.120. The lowest BCUT2D eigenvalue weighted by Gasteiger charge is -2.29. The van der Waals surface area contributed by atoms with Crippen LogP contribution in [0.15, 0.2) is 41.4 Å². The summed E-state index contributed by atoms with van der Waals surface area (Å²) in [7, 11) is 1.51. The molecule has 1 saturated heterocycles. The number of ether oxygens (including phenoxy) is 1. The lowest BCUT2D eigenvalue weighted by Crippen LogP contribution is -2.37. The second-order valence-corrected chi connectivity index (χ2v) is 7.89. The highest BCUT2D eigenvalue weighted by Gasteiger charge is 2.44. The molecule has 1 aromatic carbocycles. The number of imide groups is 1. The number of benzene rings is 1. The average Bonchev–Trinajstić information content (AvgIpc) is 3.28. The number of thiophene rings is 1. The Labute approximate surface area is 166 Å². The summed E-state index contributed by atoms with van der Waals surface area (Å²) in [5.41, 5.74) is 1.34. The van der Waals surface area contributed by atoms with Gasteiger partial charge in [-0.3, -0.25) is 9.59 Å². The number of rotatable bonds is 4. The number of carbonyl (C=O) groups is 2. The number of hydrogen-bond acceptors (Lipinski definition) is 5. The number of nitrogens with zero attached hydrogens (tertiary/aromatic N) is 2. The van der Waals surface area contributed by atoms with Gasteiger partial charge in [0.2, 0.25) is 0 Å². The SMILES string of the molecule is COc1ccc(Cl)cc1N1C(=O)C(c2cccs2)=C(N2CCCCC2)C1=O. The highest BCUT2D eigenvalue weighted by molar-refractivity contribution is 7.11. The van der Waals surface area contributed by atoms with Crippen molar-refractivity contribution in [1.82, 2.24) is 4.90 Å². The number of hydrogen-bond donors (Lipinski definition) is 0. The summed E-state index contributed by atoms with van der Waals surface area (Å²) < 4.78 is 5.38. The average molecular weight is 403 g/mol. The normalized spacial score (nSPS) is 17.9. The number of piperidine rings is 1. The molecule has 0 unspecified atom stereocenters. The third kappa shape index (κ3) is 3.13. The molecule has 0 bridgehead atoms. The topological polar surface area (TPSA) is 49.9 Å². The van der Waals surface area contributed by atoms with Gasteiger partial charge in [0.15, 0.2) is 0 Å². The van der Waals surface area contributed by atoms with Gasteiger partial charge in [0, 0.05) is 23.0 Å². The van der Waals surface area contributed by atoms with E-state index in [1.807, 2.05) is 17.5 Å². The first-order valence-electron chi connectivity index (χ1n) is 8.87. The molecule has 5 nitrogen and oxygen atoms in total. The molecule has 4 rings (SSSR count). The third-order valence-electron chi connectivity index (χ3n) is 4.88. The van der Waals surface area contributed by atoms with Crippen LogP contribution in [0.3, 0.4) is 0 Å².